The first-order valence-electron chi connectivity index (χ1n) is 8.35. The molecule has 1 N–H and O–H groups in total. The molecule has 1 fully saturated rings. The number of nitrogens with one attached hydrogen (secondary N) is 1. The number of alkyl halides is 3. The zero-order valence-corrected chi connectivity index (χ0v) is 14.3. The van der Waals surface area contributed by atoms with Crippen molar-refractivity contribution in [3.8, 4) is 6.07 Å². The lowest BCUT2D eigenvalue weighted by atomic mass is 10.0. The van der Waals surface area contributed by atoms with E-state index in [9.17, 15) is 17.6 Å². The number of morpholine rings is 1. The van der Waals surface area contributed by atoms with Gasteiger partial charge in [-0.15, -0.1) is 0 Å². The van der Waals surface area contributed by atoms with Gasteiger partial charge in [-0.2, -0.15) is 18.4 Å². The third-order valence-corrected chi connectivity index (χ3v) is 4.35. The first-order chi connectivity index (χ1) is 12.9. The van der Waals surface area contributed by atoms with Crippen LogP contribution in [-0.4, -0.2) is 26.3 Å². The molecule has 8 heteroatoms. The maximum Gasteiger partial charge on any atom is 0.416 e. The van der Waals surface area contributed by atoms with Crippen molar-refractivity contribution in [3.05, 3.63) is 58.9 Å². The molecule has 0 unspecified atom stereocenters. The molecule has 2 aromatic rings. The van der Waals surface area contributed by atoms with Crippen LogP contribution >= 0.6 is 0 Å². The Hall–Kier alpha value is -2.79. The predicted molar refractivity (Wildman–Crippen MR) is 92.9 cm³/mol. The van der Waals surface area contributed by atoms with E-state index >= 15 is 0 Å². The van der Waals surface area contributed by atoms with Gasteiger partial charge in [0.25, 0.3) is 0 Å². The maximum absolute atomic E-state index is 13.5. The summed E-state index contributed by atoms with van der Waals surface area (Å²) < 4.78 is 59.1. The number of halogens is 4. The molecule has 3 rings (SSSR count). The van der Waals surface area contributed by atoms with E-state index in [4.69, 9.17) is 10.00 Å². The number of rotatable bonds is 4. The maximum atomic E-state index is 13.5. The lowest BCUT2D eigenvalue weighted by Gasteiger charge is -2.29. The van der Waals surface area contributed by atoms with Crippen LogP contribution in [-0.2, 0) is 17.5 Å². The average molecular weight is 379 g/mol. The van der Waals surface area contributed by atoms with Crippen molar-refractivity contribution in [1.29, 1.82) is 5.26 Å². The number of ether oxygens (including phenoxy) is 1. The summed E-state index contributed by atoms with van der Waals surface area (Å²) in [5.41, 5.74) is 0.124. The summed E-state index contributed by atoms with van der Waals surface area (Å²) in [6.45, 7) is 1.89. The van der Waals surface area contributed by atoms with Crippen LogP contribution in [0.25, 0.3) is 0 Å². The van der Waals surface area contributed by atoms with Gasteiger partial charge in [0.2, 0.25) is 0 Å². The molecule has 1 aliphatic rings. The van der Waals surface area contributed by atoms with E-state index in [1.165, 1.54) is 12.1 Å². The molecule has 1 aliphatic heterocycles. The Bertz CT molecular complexity index is 855. The van der Waals surface area contributed by atoms with Gasteiger partial charge in [0.05, 0.1) is 30.0 Å². The molecule has 1 saturated heterocycles. The Kier molecular flexibility index (Phi) is 5.51. The van der Waals surface area contributed by atoms with Crippen molar-refractivity contribution >= 4 is 11.4 Å². The van der Waals surface area contributed by atoms with Gasteiger partial charge in [-0.25, -0.2) is 4.39 Å². The number of anilines is 2. The number of benzene rings is 2. The second-order valence-corrected chi connectivity index (χ2v) is 6.09. The SMILES string of the molecule is N#Cc1cc(F)ccc1NCc1ccc(N2CCOCC2)cc1C(F)(F)F. The second-order valence-electron chi connectivity index (χ2n) is 6.09. The van der Waals surface area contributed by atoms with Crippen LogP contribution in [0.2, 0.25) is 0 Å². The largest absolute Gasteiger partial charge is 0.416 e. The fourth-order valence-corrected chi connectivity index (χ4v) is 2.95. The van der Waals surface area contributed by atoms with Crippen LogP contribution in [0.1, 0.15) is 16.7 Å². The van der Waals surface area contributed by atoms with E-state index in [2.05, 4.69) is 5.32 Å². The molecule has 4 nitrogen and oxygen atoms in total. The summed E-state index contributed by atoms with van der Waals surface area (Å²) >= 11 is 0. The van der Waals surface area contributed by atoms with E-state index < -0.39 is 17.6 Å². The van der Waals surface area contributed by atoms with Crippen molar-refractivity contribution in [2.24, 2.45) is 0 Å². The van der Waals surface area contributed by atoms with Crippen LogP contribution in [0.3, 0.4) is 0 Å². The number of nitriles is 1. The smallest absolute Gasteiger partial charge is 0.380 e. The van der Waals surface area contributed by atoms with E-state index in [1.54, 1.807) is 6.07 Å². The Labute approximate surface area is 154 Å². The molecule has 0 aromatic heterocycles. The fraction of sp³-hybridized carbons (Fsp3) is 0.316. The lowest BCUT2D eigenvalue weighted by Crippen LogP contribution is -2.36. The van der Waals surface area contributed by atoms with Gasteiger partial charge in [-0.3, -0.25) is 0 Å². The average Bonchev–Trinajstić information content (AvgIpc) is 2.66. The highest BCUT2D eigenvalue weighted by Gasteiger charge is 2.34. The minimum atomic E-state index is -4.51. The van der Waals surface area contributed by atoms with Crippen LogP contribution in [0.15, 0.2) is 36.4 Å². The van der Waals surface area contributed by atoms with E-state index in [0.29, 0.717) is 32.0 Å². The zero-order chi connectivity index (χ0) is 19.4. The second kappa shape index (κ2) is 7.84. The normalized spacial score (nSPS) is 14.7. The minimum Gasteiger partial charge on any atom is -0.380 e. The van der Waals surface area contributed by atoms with Crippen LogP contribution in [0, 0.1) is 17.1 Å². The van der Waals surface area contributed by atoms with E-state index in [-0.39, 0.29) is 23.4 Å². The van der Waals surface area contributed by atoms with Crippen LogP contribution in [0.4, 0.5) is 28.9 Å². The molecular weight excluding hydrogens is 362 g/mol. The number of hydrogen-bond donors (Lipinski definition) is 1. The van der Waals surface area contributed by atoms with Gasteiger partial charge < -0.3 is 15.0 Å². The molecule has 0 saturated carbocycles. The van der Waals surface area contributed by atoms with Gasteiger partial charge in [0.1, 0.15) is 11.9 Å². The highest BCUT2D eigenvalue weighted by Crippen LogP contribution is 2.35. The number of nitrogens with zero attached hydrogens (tertiary/aromatic N) is 2. The summed E-state index contributed by atoms with van der Waals surface area (Å²) in [7, 11) is 0. The topological polar surface area (TPSA) is 48.3 Å². The Balaban J connectivity index is 1.85. The van der Waals surface area contributed by atoms with Gasteiger partial charge in [0, 0.05) is 25.3 Å². The highest BCUT2D eigenvalue weighted by molar-refractivity contribution is 5.58. The Morgan fingerprint density at radius 3 is 2.52 bits per heavy atom. The monoisotopic (exact) mass is 379 g/mol. The molecule has 0 bridgehead atoms. The number of hydrogen-bond acceptors (Lipinski definition) is 4. The van der Waals surface area contributed by atoms with E-state index in [1.807, 2.05) is 11.0 Å². The zero-order valence-electron chi connectivity index (χ0n) is 14.3. The first-order valence-corrected chi connectivity index (χ1v) is 8.35. The van der Waals surface area contributed by atoms with E-state index in [0.717, 1.165) is 18.2 Å². The quantitative estimate of drug-likeness (QED) is 0.811. The molecule has 0 atom stereocenters. The summed E-state index contributed by atoms with van der Waals surface area (Å²) in [5.74, 6) is -0.581. The summed E-state index contributed by atoms with van der Waals surface area (Å²) in [6, 6.07) is 9.56. The van der Waals surface area contributed by atoms with Gasteiger partial charge in [-0.05, 0) is 35.9 Å². The standard InChI is InChI=1S/C19H17F4N3O/c20-15-2-4-18(14(9-15)11-24)25-12-13-1-3-16(10-17(13)19(21,22)23)26-5-7-27-8-6-26/h1-4,9-10,25H,5-8,12H2. The molecule has 2 aromatic carbocycles. The fourth-order valence-electron chi connectivity index (χ4n) is 2.95. The molecule has 27 heavy (non-hydrogen) atoms. The third-order valence-electron chi connectivity index (χ3n) is 4.35. The summed E-state index contributed by atoms with van der Waals surface area (Å²) in [4.78, 5) is 1.85. The molecule has 142 valence electrons. The Morgan fingerprint density at radius 2 is 1.85 bits per heavy atom. The van der Waals surface area contributed by atoms with Crippen molar-refractivity contribution in [2.75, 3.05) is 36.5 Å². The van der Waals surface area contributed by atoms with Crippen molar-refractivity contribution in [3.63, 3.8) is 0 Å². The molecule has 0 amide bonds. The van der Waals surface area contributed by atoms with Crippen molar-refractivity contribution < 1.29 is 22.3 Å². The molecule has 0 radical (unpaired) electrons. The van der Waals surface area contributed by atoms with Gasteiger partial charge in [0.15, 0.2) is 0 Å². The first kappa shape index (κ1) is 19.0. The van der Waals surface area contributed by atoms with Gasteiger partial charge in [-0.1, -0.05) is 6.07 Å². The summed E-state index contributed by atoms with van der Waals surface area (Å²) in [6.07, 6.45) is -4.51. The van der Waals surface area contributed by atoms with Crippen molar-refractivity contribution in [1.82, 2.24) is 0 Å². The highest BCUT2D eigenvalue weighted by atomic mass is 19.4. The lowest BCUT2D eigenvalue weighted by molar-refractivity contribution is -0.138. The van der Waals surface area contributed by atoms with Crippen LogP contribution in [0.5, 0.6) is 0 Å². The Morgan fingerprint density at radius 1 is 1.11 bits per heavy atom. The predicted octanol–water partition coefficient (Wildman–Crippen LogP) is 4.16. The molecule has 0 spiro atoms. The van der Waals surface area contributed by atoms with Gasteiger partial charge >= 0.3 is 6.18 Å². The minimum absolute atomic E-state index is 0.0356. The van der Waals surface area contributed by atoms with Crippen molar-refractivity contribution in [2.45, 2.75) is 12.7 Å². The third kappa shape index (κ3) is 4.49. The molecular formula is C19H17F4N3O. The molecule has 0 aliphatic carbocycles. The summed E-state index contributed by atoms with van der Waals surface area (Å²) in [5, 5.41) is 11.8. The van der Waals surface area contributed by atoms with Crippen LogP contribution < -0.4 is 10.2 Å². The molecule has 1 heterocycles.